The molecule has 0 bridgehead atoms. The van der Waals surface area contributed by atoms with Crippen LogP contribution in [0.15, 0.2) is 35.7 Å². The molecule has 1 aromatic heterocycles. The maximum absolute atomic E-state index is 11.9. The SMILES string of the molecule is NC(=O)c1ccc(Cl)c(NC(=O)CCCc2cccs2)c1. The summed E-state index contributed by atoms with van der Waals surface area (Å²) in [6.45, 7) is 0. The molecule has 2 rings (SSSR count). The van der Waals surface area contributed by atoms with Crippen LogP contribution in [0.5, 0.6) is 0 Å². The number of halogens is 1. The first kappa shape index (κ1) is 15.5. The van der Waals surface area contributed by atoms with Crippen LogP contribution >= 0.6 is 22.9 Å². The van der Waals surface area contributed by atoms with E-state index >= 15 is 0 Å². The number of nitrogens with one attached hydrogen (secondary N) is 1. The van der Waals surface area contributed by atoms with E-state index in [2.05, 4.69) is 11.4 Å². The standard InChI is InChI=1S/C15H15ClN2O2S/c16-12-7-6-10(15(17)20)9-13(12)18-14(19)5-1-3-11-4-2-8-21-11/h2,4,6-9H,1,3,5H2,(H2,17,20)(H,18,19). The largest absolute Gasteiger partial charge is 0.366 e. The van der Waals surface area contributed by atoms with Crippen LogP contribution in [-0.4, -0.2) is 11.8 Å². The van der Waals surface area contributed by atoms with E-state index in [1.165, 1.54) is 17.0 Å². The third kappa shape index (κ3) is 4.58. The third-order valence-electron chi connectivity index (χ3n) is 2.93. The molecule has 0 atom stereocenters. The summed E-state index contributed by atoms with van der Waals surface area (Å²) in [5, 5.41) is 5.11. The first-order valence-corrected chi connectivity index (χ1v) is 7.73. The van der Waals surface area contributed by atoms with Gasteiger partial charge >= 0.3 is 0 Å². The first-order valence-electron chi connectivity index (χ1n) is 6.48. The highest BCUT2D eigenvalue weighted by Gasteiger charge is 2.09. The van der Waals surface area contributed by atoms with Crippen LogP contribution in [0.3, 0.4) is 0 Å². The Morgan fingerprint density at radius 1 is 1.29 bits per heavy atom. The number of nitrogens with two attached hydrogens (primary N) is 1. The van der Waals surface area contributed by atoms with Gasteiger partial charge in [0.2, 0.25) is 11.8 Å². The maximum Gasteiger partial charge on any atom is 0.248 e. The van der Waals surface area contributed by atoms with E-state index in [0.29, 0.717) is 22.7 Å². The van der Waals surface area contributed by atoms with Gasteiger partial charge in [0, 0.05) is 16.9 Å². The van der Waals surface area contributed by atoms with Crippen molar-refractivity contribution in [1.29, 1.82) is 0 Å². The van der Waals surface area contributed by atoms with Crippen LogP contribution in [0.1, 0.15) is 28.1 Å². The molecule has 1 aromatic carbocycles. The lowest BCUT2D eigenvalue weighted by molar-refractivity contribution is -0.116. The number of hydrogen-bond acceptors (Lipinski definition) is 3. The van der Waals surface area contributed by atoms with Crippen molar-refractivity contribution in [3.05, 3.63) is 51.2 Å². The quantitative estimate of drug-likeness (QED) is 0.854. The molecule has 1 heterocycles. The number of carbonyl (C=O) groups is 2. The summed E-state index contributed by atoms with van der Waals surface area (Å²) in [6, 6.07) is 8.60. The molecular weight excluding hydrogens is 308 g/mol. The monoisotopic (exact) mass is 322 g/mol. The lowest BCUT2D eigenvalue weighted by Crippen LogP contribution is -2.14. The topological polar surface area (TPSA) is 72.2 Å². The van der Waals surface area contributed by atoms with Crippen LogP contribution in [0.25, 0.3) is 0 Å². The first-order chi connectivity index (χ1) is 10.1. The summed E-state index contributed by atoms with van der Waals surface area (Å²) < 4.78 is 0. The highest BCUT2D eigenvalue weighted by atomic mass is 35.5. The van der Waals surface area contributed by atoms with Gasteiger partial charge in [-0.3, -0.25) is 9.59 Å². The summed E-state index contributed by atoms with van der Waals surface area (Å²) in [5.74, 6) is -0.685. The zero-order chi connectivity index (χ0) is 15.2. The fourth-order valence-corrected chi connectivity index (χ4v) is 2.78. The minimum atomic E-state index is -0.556. The van der Waals surface area contributed by atoms with E-state index in [0.717, 1.165) is 12.8 Å². The van der Waals surface area contributed by atoms with Crippen LogP contribution in [0.2, 0.25) is 5.02 Å². The van der Waals surface area contributed by atoms with Crippen molar-refractivity contribution in [3.8, 4) is 0 Å². The predicted octanol–water partition coefficient (Wildman–Crippen LogP) is 3.46. The molecule has 0 spiro atoms. The third-order valence-corrected chi connectivity index (χ3v) is 4.20. The normalized spacial score (nSPS) is 10.3. The van der Waals surface area contributed by atoms with E-state index in [1.54, 1.807) is 17.4 Å². The lowest BCUT2D eigenvalue weighted by Gasteiger charge is -2.08. The predicted molar refractivity (Wildman–Crippen MR) is 85.9 cm³/mol. The van der Waals surface area contributed by atoms with Gasteiger partial charge in [-0.1, -0.05) is 17.7 Å². The Morgan fingerprint density at radius 3 is 2.76 bits per heavy atom. The Hall–Kier alpha value is -1.85. The second-order valence-corrected chi connectivity index (χ2v) is 5.98. The Kier molecular flexibility index (Phi) is 5.36. The molecule has 6 heteroatoms. The summed E-state index contributed by atoms with van der Waals surface area (Å²) in [4.78, 5) is 24.3. The second-order valence-electron chi connectivity index (χ2n) is 4.54. The number of hydrogen-bond donors (Lipinski definition) is 2. The van der Waals surface area contributed by atoms with Gasteiger partial charge in [-0.25, -0.2) is 0 Å². The van der Waals surface area contributed by atoms with Gasteiger partial charge in [0.15, 0.2) is 0 Å². The molecule has 0 saturated carbocycles. The number of carbonyl (C=O) groups excluding carboxylic acids is 2. The molecule has 0 aliphatic carbocycles. The van der Waals surface area contributed by atoms with Gasteiger partial charge in [-0.15, -0.1) is 11.3 Å². The fraction of sp³-hybridized carbons (Fsp3) is 0.200. The molecule has 2 aromatic rings. The Balaban J connectivity index is 1.90. The van der Waals surface area contributed by atoms with E-state index in [1.807, 2.05) is 11.4 Å². The average Bonchev–Trinajstić information content (AvgIpc) is 2.94. The summed E-state index contributed by atoms with van der Waals surface area (Å²) in [7, 11) is 0. The van der Waals surface area contributed by atoms with Crippen molar-refractivity contribution in [1.82, 2.24) is 0 Å². The smallest absolute Gasteiger partial charge is 0.248 e. The molecule has 0 saturated heterocycles. The molecule has 0 aliphatic rings. The highest BCUT2D eigenvalue weighted by molar-refractivity contribution is 7.09. The minimum Gasteiger partial charge on any atom is -0.366 e. The number of benzene rings is 1. The number of amides is 2. The Labute approximate surface area is 131 Å². The number of thiophene rings is 1. The van der Waals surface area contributed by atoms with E-state index in [9.17, 15) is 9.59 Å². The van der Waals surface area contributed by atoms with Crippen molar-refractivity contribution in [2.75, 3.05) is 5.32 Å². The molecule has 0 aliphatic heterocycles. The Morgan fingerprint density at radius 2 is 2.10 bits per heavy atom. The Bertz CT molecular complexity index is 641. The number of aryl methyl sites for hydroxylation is 1. The van der Waals surface area contributed by atoms with Gasteiger partial charge in [0.05, 0.1) is 10.7 Å². The van der Waals surface area contributed by atoms with Gasteiger partial charge in [-0.05, 0) is 42.5 Å². The van der Waals surface area contributed by atoms with Crippen LogP contribution in [-0.2, 0) is 11.2 Å². The summed E-state index contributed by atoms with van der Waals surface area (Å²) >= 11 is 7.68. The molecule has 4 nitrogen and oxygen atoms in total. The van der Waals surface area contributed by atoms with Crippen molar-refractivity contribution in [2.24, 2.45) is 5.73 Å². The zero-order valence-electron chi connectivity index (χ0n) is 11.3. The molecule has 0 radical (unpaired) electrons. The van der Waals surface area contributed by atoms with Gasteiger partial charge in [-0.2, -0.15) is 0 Å². The van der Waals surface area contributed by atoms with Crippen LogP contribution in [0, 0.1) is 0 Å². The molecule has 0 fully saturated rings. The minimum absolute atomic E-state index is 0.130. The van der Waals surface area contributed by atoms with Crippen molar-refractivity contribution in [3.63, 3.8) is 0 Å². The van der Waals surface area contributed by atoms with Crippen LogP contribution < -0.4 is 11.1 Å². The molecule has 0 unspecified atom stereocenters. The number of anilines is 1. The lowest BCUT2D eigenvalue weighted by atomic mass is 10.1. The average molecular weight is 323 g/mol. The summed E-state index contributed by atoms with van der Waals surface area (Å²) in [5.41, 5.74) is 5.93. The van der Waals surface area contributed by atoms with Gasteiger partial charge < -0.3 is 11.1 Å². The van der Waals surface area contributed by atoms with E-state index in [4.69, 9.17) is 17.3 Å². The van der Waals surface area contributed by atoms with Gasteiger partial charge in [0.25, 0.3) is 0 Å². The van der Waals surface area contributed by atoms with Crippen molar-refractivity contribution >= 4 is 40.4 Å². The zero-order valence-corrected chi connectivity index (χ0v) is 12.8. The molecule has 110 valence electrons. The molecule has 3 N–H and O–H groups in total. The van der Waals surface area contributed by atoms with E-state index in [-0.39, 0.29) is 5.91 Å². The second kappa shape index (κ2) is 7.24. The van der Waals surface area contributed by atoms with Crippen molar-refractivity contribution in [2.45, 2.75) is 19.3 Å². The molecular formula is C15H15ClN2O2S. The molecule has 21 heavy (non-hydrogen) atoms. The van der Waals surface area contributed by atoms with E-state index < -0.39 is 5.91 Å². The van der Waals surface area contributed by atoms with Crippen LogP contribution in [0.4, 0.5) is 5.69 Å². The fourth-order valence-electron chi connectivity index (χ4n) is 1.87. The summed E-state index contributed by atoms with van der Waals surface area (Å²) in [6.07, 6.45) is 2.04. The van der Waals surface area contributed by atoms with Gasteiger partial charge in [0.1, 0.15) is 0 Å². The molecule has 2 amide bonds. The maximum atomic E-state index is 11.9. The number of primary amides is 1. The highest BCUT2D eigenvalue weighted by Crippen LogP contribution is 2.23. The van der Waals surface area contributed by atoms with Crippen molar-refractivity contribution < 1.29 is 9.59 Å². The number of rotatable bonds is 6.